The van der Waals surface area contributed by atoms with Gasteiger partial charge < -0.3 is 24.0 Å². The highest BCUT2D eigenvalue weighted by atomic mass is 32.2. The summed E-state index contributed by atoms with van der Waals surface area (Å²) in [5, 5.41) is 12.5. The van der Waals surface area contributed by atoms with Crippen molar-refractivity contribution in [3.8, 4) is 5.75 Å². The molecule has 8 nitrogen and oxygen atoms in total. The summed E-state index contributed by atoms with van der Waals surface area (Å²) < 4.78 is 12.4. The van der Waals surface area contributed by atoms with Crippen LogP contribution in [0.2, 0.25) is 0 Å². The molecule has 5 rings (SSSR count). The van der Waals surface area contributed by atoms with E-state index in [0.29, 0.717) is 21.4 Å². The van der Waals surface area contributed by atoms with Gasteiger partial charge >= 0.3 is 5.97 Å². The van der Waals surface area contributed by atoms with Crippen LogP contribution in [0, 0.1) is 0 Å². The Labute approximate surface area is 238 Å². The topological polar surface area (TPSA) is 93.4 Å². The minimum absolute atomic E-state index is 0.0342. The van der Waals surface area contributed by atoms with Crippen molar-refractivity contribution in [2.75, 3.05) is 20.3 Å². The number of hydrogen-bond donors (Lipinski definition) is 1. The van der Waals surface area contributed by atoms with Gasteiger partial charge in [0.25, 0.3) is 0 Å². The number of fused-ring (bicyclic) bond motifs is 1. The first-order chi connectivity index (χ1) is 19.4. The molecule has 0 radical (unpaired) electrons. The van der Waals surface area contributed by atoms with Gasteiger partial charge in [-0.3, -0.25) is 4.79 Å². The maximum atomic E-state index is 13.2. The van der Waals surface area contributed by atoms with Crippen molar-refractivity contribution in [2.45, 2.75) is 45.7 Å². The van der Waals surface area contributed by atoms with Crippen LogP contribution in [0.15, 0.2) is 76.0 Å². The third-order valence-corrected chi connectivity index (χ3v) is 8.23. The van der Waals surface area contributed by atoms with E-state index in [9.17, 15) is 14.7 Å². The summed E-state index contributed by atoms with van der Waals surface area (Å²) in [7, 11) is 1.59. The Kier molecular flexibility index (Phi) is 8.30. The van der Waals surface area contributed by atoms with Crippen molar-refractivity contribution in [2.24, 2.45) is 4.99 Å². The number of carbonyl (C=O) groups excluding carboxylic acids is 2. The maximum Gasteiger partial charge on any atom is 0.344 e. The number of methoxy groups -OCH3 is 1. The molecule has 2 aliphatic rings. The highest BCUT2D eigenvalue weighted by Crippen LogP contribution is 2.41. The second kappa shape index (κ2) is 12.0. The Morgan fingerprint density at radius 2 is 1.93 bits per heavy atom. The van der Waals surface area contributed by atoms with Gasteiger partial charge in [0.1, 0.15) is 28.7 Å². The molecule has 0 spiro atoms. The molecule has 0 unspecified atom stereocenters. The van der Waals surface area contributed by atoms with Crippen LogP contribution >= 0.6 is 11.8 Å². The monoisotopic (exact) mass is 559 g/mol. The largest absolute Gasteiger partial charge is 0.506 e. The fourth-order valence-electron chi connectivity index (χ4n) is 5.13. The van der Waals surface area contributed by atoms with Crippen LogP contribution in [0.5, 0.6) is 5.75 Å². The molecule has 0 saturated carbocycles. The van der Waals surface area contributed by atoms with Gasteiger partial charge in [0.2, 0.25) is 5.91 Å². The van der Waals surface area contributed by atoms with Gasteiger partial charge in [-0.2, -0.15) is 0 Å². The molecule has 40 heavy (non-hydrogen) atoms. The van der Waals surface area contributed by atoms with E-state index in [2.05, 4.69) is 11.9 Å². The van der Waals surface area contributed by atoms with Crippen LogP contribution in [0.1, 0.15) is 38.7 Å². The number of ether oxygens (including phenoxy) is 2. The second-order valence-corrected chi connectivity index (χ2v) is 10.9. The average molecular weight is 560 g/mol. The van der Waals surface area contributed by atoms with Crippen molar-refractivity contribution in [1.82, 2.24) is 9.47 Å². The maximum absolute atomic E-state index is 13.2. The van der Waals surface area contributed by atoms with Crippen molar-refractivity contribution < 1.29 is 24.2 Å². The Bertz CT molecular complexity index is 1520. The highest BCUT2D eigenvalue weighted by Gasteiger charge is 2.33. The number of rotatable bonds is 7. The molecule has 1 saturated heterocycles. The molecule has 208 valence electrons. The van der Waals surface area contributed by atoms with E-state index in [1.54, 1.807) is 38.3 Å². The van der Waals surface area contributed by atoms with Crippen LogP contribution in [-0.4, -0.2) is 57.8 Å². The summed E-state index contributed by atoms with van der Waals surface area (Å²) >= 11 is 1.21. The van der Waals surface area contributed by atoms with Crippen molar-refractivity contribution in [1.29, 1.82) is 0 Å². The molecule has 1 fully saturated rings. The number of esters is 1. The molecule has 1 N–H and O–H groups in total. The Morgan fingerprint density at radius 1 is 1.15 bits per heavy atom. The number of hydrogen-bond acceptors (Lipinski definition) is 7. The van der Waals surface area contributed by atoms with Crippen LogP contribution in [-0.2, 0) is 20.9 Å². The van der Waals surface area contributed by atoms with Gasteiger partial charge in [-0.25, -0.2) is 9.79 Å². The Hall–Kier alpha value is -3.98. The number of nitrogens with zero attached hydrogens (tertiary/aromatic N) is 3. The lowest BCUT2D eigenvalue weighted by molar-refractivity contribution is -0.138. The SMILES string of the molecule is CCOC(=O)C1=C(O)/C(=C/c2cn(CC(=O)N3CCCC[C@@H]3C)c3ccccc23)SC1=Nc1ccc(OC)cc1. The van der Waals surface area contributed by atoms with E-state index in [1.807, 2.05) is 46.0 Å². The van der Waals surface area contributed by atoms with E-state index < -0.39 is 5.97 Å². The minimum atomic E-state index is -0.633. The summed E-state index contributed by atoms with van der Waals surface area (Å²) in [6, 6.07) is 15.2. The van der Waals surface area contributed by atoms with E-state index >= 15 is 0 Å². The van der Waals surface area contributed by atoms with Gasteiger partial charge in [0, 0.05) is 35.2 Å². The Morgan fingerprint density at radius 3 is 2.65 bits per heavy atom. The molecule has 1 aromatic heterocycles. The first-order valence-corrected chi connectivity index (χ1v) is 14.3. The van der Waals surface area contributed by atoms with Gasteiger partial charge in [0.15, 0.2) is 0 Å². The number of thioether (sulfide) groups is 1. The lowest BCUT2D eigenvalue weighted by atomic mass is 10.0. The van der Waals surface area contributed by atoms with Crippen LogP contribution < -0.4 is 4.74 Å². The predicted octanol–water partition coefficient (Wildman–Crippen LogP) is 6.24. The summed E-state index contributed by atoms with van der Waals surface area (Å²) in [4.78, 5) is 33.2. The number of carbonyl (C=O) groups is 2. The zero-order valence-corrected chi connectivity index (χ0v) is 23.7. The summed E-state index contributed by atoms with van der Waals surface area (Å²) in [6.07, 6.45) is 6.98. The molecule has 0 bridgehead atoms. The third kappa shape index (κ3) is 5.65. The summed E-state index contributed by atoms with van der Waals surface area (Å²) in [6.45, 7) is 5.03. The highest BCUT2D eigenvalue weighted by molar-refractivity contribution is 8.18. The number of aliphatic imine (C=N–C) groups is 1. The van der Waals surface area contributed by atoms with Gasteiger partial charge in [-0.15, -0.1) is 0 Å². The number of para-hydroxylation sites is 1. The molecule has 9 heteroatoms. The van der Waals surface area contributed by atoms with Crippen LogP contribution in [0.4, 0.5) is 5.69 Å². The molecule has 2 aliphatic heterocycles. The molecule has 1 amide bonds. The zero-order valence-electron chi connectivity index (χ0n) is 22.9. The van der Waals surface area contributed by atoms with E-state index in [-0.39, 0.29) is 36.4 Å². The molecular weight excluding hydrogens is 526 g/mol. The number of likely N-dealkylation sites (tertiary alicyclic amines) is 1. The number of aliphatic hydroxyl groups is 1. The molecule has 0 aliphatic carbocycles. The standard InChI is InChI=1S/C31H33N3O5S/c1-4-39-31(37)28-29(36)26(40-30(28)32-22-12-14-23(38-3)15-13-22)17-21-18-33(25-11-6-5-10-24(21)25)19-27(35)34-16-8-7-9-20(34)2/h5-6,10-15,17-18,20,36H,4,7-9,16,19H2,1-3H3/b26-17-,32-30?/t20-/m0/s1. The Balaban J connectivity index is 1.50. The van der Waals surface area contributed by atoms with Gasteiger partial charge in [-0.1, -0.05) is 30.0 Å². The summed E-state index contributed by atoms with van der Waals surface area (Å²) in [5.41, 5.74) is 2.41. The number of amides is 1. The number of aliphatic hydroxyl groups excluding tert-OH is 1. The zero-order chi connectivity index (χ0) is 28.2. The number of aromatic nitrogens is 1. The minimum Gasteiger partial charge on any atom is -0.506 e. The van der Waals surface area contributed by atoms with Gasteiger partial charge in [-0.05, 0) is 69.5 Å². The molecular formula is C31H33N3O5S. The number of benzene rings is 2. The average Bonchev–Trinajstić information content (AvgIpc) is 3.45. The third-order valence-electron chi connectivity index (χ3n) is 7.21. The lowest BCUT2D eigenvalue weighted by Crippen LogP contribution is -2.43. The molecule has 3 heterocycles. The number of piperidine rings is 1. The van der Waals surface area contributed by atoms with E-state index in [4.69, 9.17) is 9.47 Å². The summed E-state index contributed by atoms with van der Waals surface area (Å²) in [5.74, 6) is -0.0153. The second-order valence-electron chi connectivity index (χ2n) is 9.83. The molecule has 1 atom stereocenters. The van der Waals surface area contributed by atoms with Crippen LogP contribution in [0.25, 0.3) is 17.0 Å². The first-order valence-electron chi connectivity index (χ1n) is 13.5. The van der Waals surface area contributed by atoms with Crippen molar-refractivity contribution in [3.05, 3.63) is 76.5 Å². The first kappa shape index (κ1) is 27.6. The van der Waals surface area contributed by atoms with Crippen molar-refractivity contribution >= 4 is 51.3 Å². The quantitative estimate of drug-likeness (QED) is 0.344. The van der Waals surface area contributed by atoms with E-state index in [1.165, 1.54) is 11.8 Å². The molecule has 3 aromatic rings. The normalized spacial score (nSPS) is 19.6. The molecule has 2 aromatic carbocycles. The van der Waals surface area contributed by atoms with Crippen molar-refractivity contribution in [3.63, 3.8) is 0 Å². The lowest BCUT2D eigenvalue weighted by Gasteiger charge is -2.33. The fourth-order valence-corrected chi connectivity index (χ4v) is 6.16. The smallest absolute Gasteiger partial charge is 0.344 e. The fraction of sp³-hybridized carbons (Fsp3) is 0.323. The predicted molar refractivity (Wildman–Crippen MR) is 159 cm³/mol. The van der Waals surface area contributed by atoms with Gasteiger partial charge in [0.05, 0.1) is 24.3 Å². The van der Waals surface area contributed by atoms with Crippen LogP contribution in [0.3, 0.4) is 0 Å². The van der Waals surface area contributed by atoms with E-state index in [0.717, 1.165) is 42.3 Å².